The SMILES string of the molecule is CCC=C(C)C(=O)N1CCCC(CNC)C1. The fourth-order valence-corrected chi connectivity index (χ4v) is 2.35. The molecule has 0 aliphatic carbocycles. The molecule has 3 heteroatoms. The van der Waals surface area contributed by atoms with Crippen molar-refractivity contribution in [1.29, 1.82) is 0 Å². The van der Waals surface area contributed by atoms with Gasteiger partial charge in [0.15, 0.2) is 0 Å². The van der Waals surface area contributed by atoms with Crippen molar-refractivity contribution in [3.63, 3.8) is 0 Å². The third-order valence-electron chi connectivity index (χ3n) is 3.15. The van der Waals surface area contributed by atoms with Crippen molar-refractivity contribution < 1.29 is 4.79 Å². The van der Waals surface area contributed by atoms with Gasteiger partial charge in [0.1, 0.15) is 0 Å². The van der Waals surface area contributed by atoms with E-state index >= 15 is 0 Å². The molecule has 1 aliphatic heterocycles. The normalized spacial score (nSPS) is 22.3. The number of amides is 1. The van der Waals surface area contributed by atoms with Gasteiger partial charge in [-0.05, 0) is 45.7 Å². The van der Waals surface area contributed by atoms with Gasteiger partial charge in [0.05, 0.1) is 0 Å². The van der Waals surface area contributed by atoms with E-state index in [-0.39, 0.29) is 5.91 Å². The van der Waals surface area contributed by atoms with Gasteiger partial charge in [-0.15, -0.1) is 0 Å². The Balaban J connectivity index is 2.53. The number of rotatable bonds is 4. The lowest BCUT2D eigenvalue weighted by Gasteiger charge is -2.33. The molecule has 1 amide bonds. The zero-order valence-corrected chi connectivity index (χ0v) is 10.8. The van der Waals surface area contributed by atoms with E-state index in [4.69, 9.17) is 0 Å². The van der Waals surface area contributed by atoms with Crippen LogP contribution in [0.4, 0.5) is 0 Å². The summed E-state index contributed by atoms with van der Waals surface area (Å²) >= 11 is 0. The van der Waals surface area contributed by atoms with Gasteiger partial charge in [-0.3, -0.25) is 4.79 Å². The monoisotopic (exact) mass is 224 g/mol. The number of nitrogens with one attached hydrogen (secondary N) is 1. The van der Waals surface area contributed by atoms with Crippen LogP contribution in [0.3, 0.4) is 0 Å². The summed E-state index contributed by atoms with van der Waals surface area (Å²) in [6, 6.07) is 0. The molecule has 0 aromatic rings. The van der Waals surface area contributed by atoms with E-state index in [1.54, 1.807) is 0 Å². The van der Waals surface area contributed by atoms with Gasteiger partial charge < -0.3 is 10.2 Å². The lowest BCUT2D eigenvalue weighted by atomic mass is 9.97. The number of allylic oxidation sites excluding steroid dienone is 1. The topological polar surface area (TPSA) is 32.3 Å². The van der Waals surface area contributed by atoms with Gasteiger partial charge in [0.25, 0.3) is 0 Å². The molecule has 0 aromatic heterocycles. The van der Waals surface area contributed by atoms with Gasteiger partial charge in [-0.1, -0.05) is 13.0 Å². The third kappa shape index (κ3) is 3.63. The zero-order valence-electron chi connectivity index (χ0n) is 10.8. The van der Waals surface area contributed by atoms with Crippen LogP contribution < -0.4 is 5.32 Å². The lowest BCUT2D eigenvalue weighted by molar-refractivity contribution is -0.128. The number of hydrogen-bond acceptors (Lipinski definition) is 2. The summed E-state index contributed by atoms with van der Waals surface area (Å²) in [6.45, 7) is 6.84. The highest BCUT2D eigenvalue weighted by atomic mass is 16.2. The minimum absolute atomic E-state index is 0.225. The summed E-state index contributed by atoms with van der Waals surface area (Å²) in [7, 11) is 1.98. The Hall–Kier alpha value is -0.830. The van der Waals surface area contributed by atoms with Gasteiger partial charge >= 0.3 is 0 Å². The molecule has 0 aromatic carbocycles. The highest BCUT2D eigenvalue weighted by Crippen LogP contribution is 2.17. The van der Waals surface area contributed by atoms with Gasteiger partial charge in [0, 0.05) is 18.7 Å². The van der Waals surface area contributed by atoms with Crippen molar-refractivity contribution >= 4 is 5.91 Å². The summed E-state index contributed by atoms with van der Waals surface area (Å²) in [6.07, 6.45) is 5.33. The highest BCUT2D eigenvalue weighted by molar-refractivity contribution is 5.92. The molecule has 1 unspecified atom stereocenters. The van der Waals surface area contributed by atoms with Crippen molar-refractivity contribution in [1.82, 2.24) is 10.2 Å². The van der Waals surface area contributed by atoms with Crippen molar-refractivity contribution in [2.75, 3.05) is 26.7 Å². The molecule has 1 rings (SSSR count). The Kier molecular flexibility index (Phi) is 5.53. The summed E-state index contributed by atoms with van der Waals surface area (Å²) in [5, 5.41) is 3.20. The second-order valence-corrected chi connectivity index (χ2v) is 4.61. The van der Waals surface area contributed by atoms with E-state index < -0.39 is 0 Å². The Morgan fingerprint density at radius 3 is 2.94 bits per heavy atom. The Labute approximate surface area is 98.9 Å². The van der Waals surface area contributed by atoms with Crippen LogP contribution in [0.5, 0.6) is 0 Å². The Bertz CT molecular complexity index is 259. The number of likely N-dealkylation sites (tertiary alicyclic amines) is 1. The van der Waals surface area contributed by atoms with Crippen molar-refractivity contribution in [2.24, 2.45) is 5.92 Å². The quantitative estimate of drug-likeness (QED) is 0.739. The predicted octanol–water partition coefficient (Wildman–Crippen LogP) is 1.80. The molecule has 92 valence electrons. The van der Waals surface area contributed by atoms with E-state index in [9.17, 15) is 4.79 Å². The molecule has 0 spiro atoms. The zero-order chi connectivity index (χ0) is 12.0. The van der Waals surface area contributed by atoms with E-state index in [0.717, 1.165) is 38.0 Å². The van der Waals surface area contributed by atoms with Gasteiger partial charge in [0.2, 0.25) is 5.91 Å². The maximum atomic E-state index is 12.1. The van der Waals surface area contributed by atoms with Crippen LogP contribution in [0.2, 0.25) is 0 Å². The Morgan fingerprint density at radius 1 is 1.56 bits per heavy atom. The highest BCUT2D eigenvalue weighted by Gasteiger charge is 2.23. The van der Waals surface area contributed by atoms with E-state index in [1.165, 1.54) is 6.42 Å². The first-order valence-corrected chi connectivity index (χ1v) is 6.29. The summed E-state index contributed by atoms with van der Waals surface area (Å²) in [4.78, 5) is 14.1. The smallest absolute Gasteiger partial charge is 0.249 e. The van der Waals surface area contributed by atoms with Gasteiger partial charge in [-0.25, -0.2) is 0 Å². The van der Waals surface area contributed by atoms with Crippen LogP contribution in [-0.4, -0.2) is 37.5 Å². The summed E-state index contributed by atoms with van der Waals surface area (Å²) in [5.74, 6) is 0.847. The summed E-state index contributed by atoms with van der Waals surface area (Å²) in [5.41, 5.74) is 0.896. The standard InChI is InChI=1S/C13H24N2O/c1-4-6-11(2)13(16)15-8-5-7-12(10-15)9-14-3/h6,12,14H,4-5,7-10H2,1-3H3. The fourth-order valence-electron chi connectivity index (χ4n) is 2.35. The van der Waals surface area contributed by atoms with Gasteiger partial charge in [-0.2, -0.15) is 0 Å². The molecule has 1 fully saturated rings. The first-order valence-electron chi connectivity index (χ1n) is 6.29. The molecule has 16 heavy (non-hydrogen) atoms. The number of carbonyl (C=O) groups is 1. The minimum atomic E-state index is 0.225. The Morgan fingerprint density at radius 2 is 2.31 bits per heavy atom. The summed E-state index contributed by atoms with van der Waals surface area (Å²) < 4.78 is 0. The molecule has 0 bridgehead atoms. The van der Waals surface area contributed by atoms with Crippen LogP contribution in [0, 0.1) is 5.92 Å². The fraction of sp³-hybridized carbons (Fsp3) is 0.769. The lowest BCUT2D eigenvalue weighted by Crippen LogP contribution is -2.42. The van der Waals surface area contributed by atoms with E-state index in [1.807, 2.05) is 24.9 Å². The number of nitrogens with zero attached hydrogens (tertiary/aromatic N) is 1. The third-order valence-corrected chi connectivity index (χ3v) is 3.15. The number of piperidine rings is 1. The molecule has 0 radical (unpaired) electrons. The van der Waals surface area contributed by atoms with Crippen LogP contribution in [0.15, 0.2) is 11.6 Å². The molecule has 0 saturated carbocycles. The average Bonchev–Trinajstić information content (AvgIpc) is 2.29. The molecular weight excluding hydrogens is 200 g/mol. The van der Waals surface area contributed by atoms with E-state index in [2.05, 4.69) is 12.2 Å². The first-order chi connectivity index (χ1) is 7.69. The average molecular weight is 224 g/mol. The number of carbonyl (C=O) groups excluding carboxylic acids is 1. The van der Waals surface area contributed by atoms with Crippen LogP contribution in [-0.2, 0) is 4.79 Å². The molecule has 3 nitrogen and oxygen atoms in total. The molecule has 1 aliphatic rings. The largest absolute Gasteiger partial charge is 0.339 e. The second-order valence-electron chi connectivity index (χ2n) is 4.61. The van der Waals surface area contributed by atoms with Crippen LogP contribution in [0.25, 0.3) is 0 Å². The maximum Gasteiger partial charge on any atom is 0.249 e. The predicted molar refractivity (Wildman–Crippen MR) is 67.3 cm³/mol. The van der Waals surface area contributed by atoms with E-state index in [0.29, 0.717) is 5.92 Å². The maximum absolute atomic E-state index is 12.1. The molecule has 1 saturated heterocycles. The second kappa shape index (κ2) is 6.69. The first kappa shape index (κ1) is 13.2. The molecule has 1 heterocycles. The molecule has 1 atom stereocenters. The molecule has 1 N–H and O–H groups in total. The number of hydrogen-bond donors (Lipinski definition) is 1. The minimum Gasteiger partial charge on any atom is -0.339 e. The van der Waals surface area contributed by atoms with Crippen LogP contribution in [0.1, 0.15) is 33.1 Å². The van der Waals surface area contributed by atoms with Crippen molar-refractivity contribution in [3.8, 4) is 0 Å². The van der Waals surface area contributed by atoms with Crippen molar-refractivity contribution in [2.45, 2.75) is 33.1 Å². The van der Waals surface area contributed by atoms with Crippen LogP contribution >= 0.6 is 0 Å². The van der Waals surface area contributed by atoms with Crippen molar-refractivity contribution in [3.05, 3.63) is 11.6 Å². The molecular formula is C13H24N2O.